The van der Waals surface area contributed by atoms with Gasteiger partial charge < -0.3 is 5.11 Å². The van der Waals surface area contributed by atoms with Gasteiger partial charge in [-0.2, -0.15) is 0 Å². The van der Waals surface area contributed by atoms with Gasteiger partial charge >= 0.3 is 0 Å². The Kier molecular flexibility index (Phi) is 4.36. The molecular formula is C15H16N2O2. The molecule has 19 heavy (non-hydrogen) atoms. The van der Waals surface area contributed by atoms with Crippen molar-refractivity contribution in [1.29, 1.82) is 0 Å². The fraction of sp³-hybridized carbons (Fsp3) is 0.267. The first-order chi connectivity index (χ1) is 9.20. The first kappa shape index (κ1) is 13.4. The second kappa shape index (κ2) is 6.20. The van der Waals surface area contributed by atoms with Crippen molar-refractivity contribution in [2.45, 2.75) is 19.3 Å². The Labute approximate surface area is 112 Å². The molecule has 0 bridgehead atoms. The van der Waals surface area contributed by atoms with E-state index in [1.165, 1.54) is 18.0 Å². The first-order valence-electron chi connectivity index (χ1n) is 6.20. The average Bonchev–Trinajstić information content (AvgIpc) is 2.48. The smallest absolute Gasteiger partial charge is 0.191 e. The number of aliphatic hydroxyl groups excluding tert-OH is 1. The third-order valence-electron chi connectivity index (χ3n) is 3.03. The van der Waals surface area contributed by atoms with E-state index in [9.17, 15) is 4.79 Å². The van der Waals surface area contributed by atoms with E-state index in [0.29, 0.717) is 17.3 Å². The maximum Gasteiger partial charge on any atom is 0.191 e. The lowest BCUT2D eigenvalue weighted by Gasteiger charge is -2.10. The summed E-state index contributed by atoms with van der Waals surface area (Å²) in [5.74, 6) is 0.661. The molecule has 0 aliphatic heterocycles. The number of ketones is 1. The maximum atomic E-state index is 11.2. The Morgan fingerprint density at radius 2 is 1.84 bits per heavy atom. The van der Waals surface area contributed by atoms with Crippen LogP contribution < -0.4 is 0 Å². The number of carbonyl (C=O) groups excluding carboxylic acids is 1. The van der Waals surface area contributed by atoms with Crippen LogP contribution in [-0.4, -0.2) is 27.5 Å². The molecule has 1 atom stereocenters. The van der Waals surface area contributed by atoms with E-state index in [1.807, 2.05) is 18.2 Å². The molecule has 0 aliphatic rings. The Morgan fingerprint density at radius 3 is 2.42 bits per heavy atom. The van der Waals surface area contributed by atoms with Crippen LogP contribution in [0.15, 0.2) is 42.7 Å². The third kappa shape index (κ3) is 3.45. The van der Waals surface area contributed by atoms with Crippen LogP contribution >= 0.6 is 0 Å². The van der Waals surface area contributed by atoms with Crippen LogP contribution in [0.4, 0.5) is 0 Å². The van der Waals surface area contributed by atoms with E-state index in [-0.39, 0.29) is 5.78 Å². The highest BCUT2D eigenvalue weighted by atomic mass is 16.3. The number of aromatic nitrogens is 2. The van der Waals surface area contributed by atoms with Gasteiger partial charge in [0.1, 0.15) is 12.4 Å². The highest BCUT2D eigenvalue weighted by Gasteiger charge is 2.10. The van der Waals surface area contributed by atoms with Gasteiger partial charge in [-0.1, -0.05) is 37.3 Å². The summed E-state index contributed by atoms with van der Waals surface area (Å²) in [4.78, 5) is 19.6. The molecule has 0 aliphatic carbocycles. The fourth-order valence-corrected chi connectivity index (χ4v) is 1.87. The highest BCUT2D eigenvalue weighted by molar-refractivity contribution is 5.96. The molecular weight excluding hydrogens is 240 g/mol. The lowest BCUT2D eigenvalue weighted by atomic mass is 9.97. The molecule has 0 spiro atoms. The van der Waals surface area contributed by atoms with Crippen molar-refractivity contribution >= 4 is 5.78 Å². The predicted octanol–water partition coefficient (Wildman–Crippen LogP) is 2.00. The monoisotopic (exact) mass is 256 g/mol. The van der Waals surface area contributed by atoms with Gasteiger partial charge in [-0.05, 0) is 11.5 Å². The second-order valence-corrected chi connectivity index (χ2v) is 4.49. The SMILES string of the molecule is CC(Cc1ncc(C(=O)CO)cn1)c1ccccc1. The zero-order chi connectivity index (χ0) is 13.7. The summed E-state index contributed by atoms with van der Waals surface area (Å²) in [6.45, 7) is 1.61. The third-order valence-corrected chi connectivity index (χ3v) is 3.03. The summed E-state index contributed by atoms with van der Waals surface area (Å²) in [6.07, 6.45) is 3.66. The van der Waals surface area contributed by atoms with Crippen molar-refractivity contribution in [3.63, 3.8) is 0 Å². The molecule has 0 saturated carbocycles. The average molecular weight is 256 g/mol. The molecule has 4 nitrogen and oxygen atoms in total. The first-order valence-corrected chi connectivity index (χ1v) is 6.20. The van der Waals surface area contributed by atoms with E-state index >= 15 is 0 Å². The van der Waals surface area contributed by atoms with Crippen LogP contribution in [0.1, 0.15) is 34.6 Å². The van der Waals surface area contributed by atoms with E-state index < -0.39 is 6.61 Å². The van der Waals surface area contributed by atoms with Crippen LogP contribution in [0.2, 0.25) is 0 Å². The molecule has 1 unspecified atom stereocenters. The number of aliphatic hydroxyl groups is 1. The molecule has 1 N–H and O–H groups in total. The normalized spacial score (nSPS) is 12.1. The lowest BCUT2D eigenvalue weighted by Crippen LogP contribution is -2.08. The van der Waals surface area contributed by atoms with Gasteiger partial charge in [0, 0.05) is 18.8 Å². The standard InChI is InChI=1S/C15H16N2O2/c1-11(12-5-3-2-4-6-12)7-15-16-8-13(9-17-15)14(19)10-18/h2-6,8-9,11,18H,7,10H2,1H3. The molecule has 4 heteroatoms. The zero-order valence-electron chi connectivity index (χ0n) is 10.8. The lowest BCUT2D eigenvalue weighted by molar-refractivity contribution is 0.0903. The van der Waals surface area contributed by atoms with Gasteiger partial charge in [-0.25, -0.2) is 9.97 Å². The summed E-state index contributed by atoms with van der Waals surface area (Å²) in [7, 11) is 0. The van der Waals surface area contributed by atoms with Crippen LogP contribution in [-0.2, 0) is 6.42 Å². The zero-order valence-corrected chi connectivity index (χ0v) is 10.8. The number of benzene rings is 1. The molecule has 98 valence electrons. The van der Waals surface area contributed by atoms with Crippen molar-refractivity contribution in [3.05, 3.63) is 59.7 Å². The second-order valence-electron chi connectivity index (χ2n) is 4.49. The quantitative estimate of drug-likeness (QED) is 0.831. The van der Waals surface area contributed by atoms with Crippen LogP contribution in [0, 0.1) is 0 Å². The highest BCUT2D eigenvalue weighted by Crippen LogP contribution is 2.18. The van der Waals surface area contributed by atoms with Crippen LogP contribution in [0.25, 0.3) is 0 Å². The van der Waals surface area contributed by atoms with Gasteiger partial charge in [0.2, 0.25) is 0 Å². The number of Topliss-reactive ketones (excluding diaryl/α,β-unsaturated/α-hetero) is 1. The Hall–Kier alpha value is -2.07. The minimum absolute atomic E-state index is 0.320. The molecule has 0 radical (unpaired) electrons. The van der Waals surface area contributed by atoms with Gasteiger partial charge in [-0.15, -0.1) is 0 Å². The summed E-state index contributed by atoms with van der Waals surface area (Å²) in [5, 5.41) is 8.75. The van der Waals surface area contributed by atoms with Gasteiger partial charge in [-0.3, -0.25) is 4.79 Å². The predicted molar refractivity (Wildman–Crippen MR) is 72.0 cm³/mol. The van der Waals surface area contributed by atoms with E-state index in [4.69, 9.17) is 5.11 Å². The van der Waals surface area contributed by atoms with Gasteiger partial charge in [0.15, 0.2) is 5.78 Å². The van der Waals surface area contributed by atoms with Crippen molar-refractivity contribution in [2.75, 3.05) is 6.61 Å². The summed E-state index contributed by atoms with van der Waals surface area (Å²) < 4.78 is 0. The molecule has 1 aromatic heterocycles. The summed E-state index contributed by atoms with van der Waals surface area (Å²) in [6, 6.07) is 10.2. The number of hydrogen-bond donors (Lipinski definition) is 1. The van der Waals surface area contributed by atoms with Crippen molar-refractivity contribution in [1.82, 2.24) is 9.97 Å². The molecule has 2 aromatic rings. The number of nitrogens with zero attached hydrogens (tertiary/aromatic N) is 2. The Balaban J connectivity index is 2.06. The topological polar surface area (TPSA) is 63.1 Å². The molecule has 0 fully saturated rings. The number of carbonyl (C=O) groups is 1. The fourth-order valence-electron chi connectivity index (χ4n) is 1.87. The largest absolute Gasteiger partial charge is 0.388 e. The van der Waals surface area contributed by atoms with Crippen LogP contribution in [0.5, 0.6) is 0 Å². The van der Waals surface area contributed by atoms with Gasteiger partial charge in [0.05, 0.1) is 5.56 Å². The Morgan fingerprint density at radius 1 is 1.21 bits per heavy atom. The van der Waals surface area contributed by atoms with Crippen molar-refractivity contribution in [2.24, 2.45) is 0 Å². The molecule has 0 amide bonds. The molecule has 0 saturated heterocycles. The Bertz CT molecular complexity index is 538. The van der Waals surface area contributed by atoms with Crippen LogP contribution in [0.3, 0.4) is 0 Å². The van der Waals surface area contributed by atoms with E-state index in [1.54, 1.807) is 0 Å². The molecule has 1 heterocycles. The molecule has 2 rings (SSSR count). The minimum Gasteiger partial charge on any atom is -0.388 e. The van der Waals surface area contributed by atoms with Crippen molar-refractivity contribution in [3.8, 4) is 0 Å². The van der Waals surface area contributed by atoms with Crippen molar-refractivity contribution < 1.29 is 9.90 Å². The number of hydrogen-bond acceptors (Lipinski definition) is 4. The maximum absolute atomic E-state index is 11.2. The van der Waals surface area contributed by atoms with E-state index in [0.717, 1.165) is 6.42 Å². The molecule has 1 aromatic carbocycles. The summed E-state index contributed by atoms with van der Waals surface area (Å²) in [5.41, 5.74) is 1.58. The van der Waals surface area contributed by atoms with E-state index in [2.05, 4.69) is 29.0 Å². The summed E-state index contributed by atoms with van der Waals surface area (Å²) >= 11 is 0. The minimum atomic E-state index is -0.511. The van der Waals surface area contributed by atoms with Gasteiger partial charge in [0.25, 0.3) is 0 Å². The number of rotatable bonds is 5.